The third-order valence-corrected chi connectivity index (χ3v) is 5.75. The van der Waals surface area contributed by atoms with Gasteiger partial charge in [-0.15, -0.1) is 11.3 Å². The summed E-state index contributed by atoms with van der Waals surface area (Å²) in [5.74, 6) is 1.19. The second kappa shape index (κ2) is 9.70. The van der Waals surface area contributed by atoms with E-state index in [4.69, 9.17) is 9.47 Å². The molecule has 2 N–H and O–H groups in total. The van der Waals surface area contributed by atoms with Crippen LogP contribution in [-0.4, -0.2) is 39.9 Å². The number of nitrogens with one attached hydrogen (secondary N) is 2. The van der Waals surface area contributed by atoms with E-state index in [2.05, 4.69) is 20.4 Å². The molecule has 0 spiro atoms. The number of rotatable bonds is 8. The van der Waals surface area contributed by atoms with Gasteiger partial charge in [-0.1, -0.05) is 19.4 Å². The van der Waals surface area contributed by atoms with Crippen molar-refractivity contribution in [3.05, 3.63) is 69.5 Å². The first-order chi connectivity index (χ1) is 16.0. The Morgan fingerprint density at radius 1 is 1.15 bits per heavy atom. The van der Waals surface area contributed by atoms with E-state index in [0.29, 0.717) is 40.7 Å². The van der Waals surface area contributed by atoms with Crippen molar-refractivity contribution < 1.29 is 14.3 Å². The number of amides is 1. The van der Waals surface area contributed by atoms with Gasteiger partial charge in [-0.2, -0.15) is 9.78 Å². The van der Waals surface area contributed by atoms with E-state index < -0.39 is 0 Å². The lowest BCUT2D eigenvalue weighted by molar-refractivity contribution is 0.102. The number of aryl methyl sites for hydroxylation is 1. The van der Waals surface area contributed by atoms with Crippen molar-refractivity contribution in [2.75, 3.05) is 19.5 Å². The van der Waals surface area contributed by atoms with Gasteiger partial charge in [-0.25, -0.2) is 4.98 Å². The van der Waals surface area contributed by atoms with Gasteiger partial charge in [0.05, 0.1) is 19.1 Å². The summed E-state index contributed by atoms with van der Waals surface area (Å²) in [5.41, 5.74) is 1.39. The molecule has 0 unspecified atom stereocenters. The van der Waals surface area contributed by atoms with Crippen molar-refractivity contribution >= 4 is 23.1 Å². The van der Waals surface area contributed by atoms with Crippen LogP contribution in [0.15, 0.2) is 52.6 Å². The Kier molecular flexibility index (Phi) is 6.55. The number of ether oxygens (including phenoxy) is 2. The van der Waals surface area contributed by atoms with Gasteiger partial charge in [0.1, 0.15) is 11.5 Å². The molecule has 0 aliphatic carbocycles. The Morgan fingerprint density at radius 3 is 2.67 bits per heavy atom. The molecule has 33 heavy (non-hydrogen) atoms. The fraction of sp³-hybridized carbons (Fsp3) is 0.217. The number of hydrogen-bond donors (Lipinski definition) is 2. The summed E-state index contributed by atoms with van der Waals surface area (Å²) < 4.78 is 12.0. The number of methoxy groups -OCH3 is 2. The van der Waals surface area contributed by atoms with Crippen LogP contribution in [0.25, 0.3) is 16.5 Å². The van der Waals surface area contributed by atoms with Crippen LogP contribution in [0.4, 0.5) is 5.82 Å². The third-order valence-electron chi connectivity index (χ3n) is 4.86. The van der Waals surface area contributed by atoms with E-state index in [0.717, 1.165) is 11.3 Å². The summed E-state index contributed by atoms with van der Waals surface area (Å²) in [6.07, 6.45) is 1.50. The van der Waals surface area contributed by atoms with Crippen LogP contribution in [0.1, 0.15) is 29.4 Å². The monoisotopic (exact) mass is 465 g/mol. The normalized spacial score (nSPS) is 10.8. The summed E-state index contributed by atoms with van der Waals surface area (Å²) >= 11 is 1.52. The van der Waals surface area contributed by atoms with E-state index in [-0.39, 0.29) is 17.4 Å². The molecule has 170 valence electrons. The average molecular weight is 466 g/mol. The number of anilines is 1. The van der Waals surface area contributed by atoms with Gasteiger partial charge in [0.25, 0.3) is 11.5 Å². The zero-order valence-electron chi connectivity index (χ0n) is 18.4. The third kappa shape index (κ3) is 4.80. The molecule has 0 atom stereocenters. The van der Waals surface area contributed by atoms with Crippen LogP contribution >= 0.6 is 11.3 Å². The number of carbonyl (C=O) groups is 1. The SMILES string of the molecule is CCCc1cc(=O)[nH]c(-n2nc(-c3cccs3)cc2NC(=O)c2ccc(OC)c(OC)c2)n1. The van der Waals surface area contributed by atoms with Gasteiger partial charge in [0, 0.05) is 23.4 Å². The maximum atomic E-state index is 13.1. The van der Waals surface area contributed by atoms with E-state index >= 15 is 0 Å². The molecular formula is C23H23N5O4S. The summed E-state index contributed by atoms with van der Waals surface area (Å²) in [6.45, 7) is 2.01. The Labute approximate surface area is 194 Å². The van der Waals surface area contributed by atoms with E-state index in [1.807, 2.05) is 24.4 Å². The minimum atomic E-state index is -0.373. The second-order valence-electron chi connectivity index (χ2n) is 7.14. The number of thiophene rings is 1. The number of hydrogen-bond acceptors (Lipinski definition) is 7. The molecule has 0 saturated heterocycles. The Balaban J connectivity index is 1.75. The first-order valence-electron chi connectivity index (χ1n) is 10.3. The number of aromatic amines is 1. The lowest BCUT2D eigenvalue weighted by atomic mass is 10.2. The highest BCUT2D eigenvalue weighted by Crippen LogP contribution is 2.30. The quantitative estimate of drug-likeness (QED) is 0.408. The number of aromatic nitrogens is 4. The zero-order valence-corrected chi connectivity index (χ0v) is 19.2. The predicted octanol–water partition coefficient (Wildman–Crippen LogP) is 3.91. The zero-order chi connectivity index (χ0) is 23.4. The molecule has 0 aliphatic heterocycles. The van der Waals surface area contributed by atoms with Crippen LogP contribution in [0.5, 0.6) is 11.5 Å². The summed E-state index contributed by atoms with van der Waals surface area (Å²) in [7, 11) is 3.04. The molecule has 3 aromatic heterocycles. The fourth-order valence-electron chi connectivity index (χ4n) is 3.32. The van der Waals surface area contributed by atoms with Crippen LogP contribution in [0.2, 0.25) is 0 Å². The van der Waals surface area contributed by atoms with Gasteiger partial charge in [-0.3, -0.25) is 14.6 Å². The lowest BCUT2D eigenvalue weighted by Crippen LogP contribution is -2.19. The fourth-order valence-corrected chi connectivity index (χ4v) is 4.00. The highest BCUT2D eigenvalue weighted by atomic mass is 32.1. The number of benzene rings is 1. The van der Waals surface area contributed by atoms with E-state index in [1.165, 1.54) is 36.3 Å². The van der Waals surface area contributed by atoms with Crippen molar-refractivity contribution in [1.82, 2.24) is 19.7 Å². The van der Waals surface area contributed by atoms with Crippen LogP contribution < -0.4 is 20.3 Å². The van der Waals surface area contributed by atoms with Gasteiger partial charge < -0.3 is 14.8 Å². The van der Waals surface area contributed by atoms with Gasteiger partial charge in [-0.05, 0) is 36.1 Å². The molecule has 3 heterocycles. The molecule has 9 nitrogen and oxygen atoms in total. The van der Waals surface area contributed by atoms with Crippen molar-refractivity contribution in [3.63, 3.8) is 0 Å². The molecule has 10 heteroatoms. The van der Waals surface area contributed by atoms with Crippen molar-refractivity contribution in [3.8, 4) is 28.0 Å². The minimum Gasteiger partial charge on any atom is -0.493 e. The average Bonchev–Trinajstić information content (AvgIpc) is 3.48. The molecule has 0 bridgehead atoms. The van der Waals surface area contributed by atoms with Crippen molar-refractivity contribution in [2.24, 2.45) is 0 Å². The molecular weight excluding hydrogens is 442 g/mol. The molecule has 0 radical (unpaired) electrons. The minimum absolute atomic E-state index is 0.233. The smallest absolute Gasteiger partial charge is 0.256 e. The van der Waals surface area contributed by atoms with Gasteiger partial charge in [0.2, 0.25) is 5.95 Å². The number of H-pyrrole nitrogens is 1. The first kappa shape index (κ1) is 22.3. The molecule has 0 saturated carbocycles. The summed E-state index contributed by atoms with van der Waals surface area (Å²) in [4.78, 5) is 33.5. The highest BCUT2D eigenvalue weighted by molar-refractivity contribution is 7.13. The molecule has 0 aliphatic rings. The van der Waals surface area contributed by atoms with Crippen molar-refractivity contribution in [2.45, 2.75) is 19.8 Å². The van der Waals surface area contributed by atoms with E-state index in [9.17, 15) is 9.59 Å². The lowest BCUT2D eigenvalue weighted by Gasteiger charge is -2.11. The number of nitrogens with zero attached hydrogens (tertiary/aromatic N) is 3. The van der Waals surface area contributed by atoms with Crippen LogP contribution in [-0.2, 0) is 6.42 Å². The van der Waals surface area contributed by atoms with Crippen LogP contribution in [0, 0.1) is 0 Å². The largest absolute Gasteiger partial charge is 0.493 e. The molecule has 1 amide bonds. The number of carbonyl (C=O) groups excluding carboxylic acids is 1. The van der Waals surface area contributed by atoms with Crippen LogP contribution in [0.3, 0.4) is 0 Å². The molecule has 4 aromatic rings. The maximum Gasteiger partial charge on any atom is 0.256 e. The molecule has 0 fully saturated rings. The topological polar surface area (TPSA) is 111 Å². The first-order valence-corrected chi connectivity index (χ1v) is 11.2. The second-order valence-corrected chi connectivity index (χ2v) is 8.09. The summed E-state index contributed by atoms with van der Waals surface area (Å²) in [5, 5.41) is 9.43. The van der Waals surface area contributed by atoms with E-state index in [1.54, 1.807) is 24.3 Å². The van der Waals surface area contributed by atoms with Gasteiger partial charge >= 0.3 is 0 Å². The Bertz CT molecular complexity index is 1330. The maximum absolute atomic E-state index is 13.1. The van der Waals surface area contributed by atoms with Gasteiger partial charge in [0.15, 0.2) is 11.5 Å². The Morgan fingerprint density at radius 2 is 1.97 bits per heavy atom. The molecule has 1 aromatic carbocycles. The Hall–Kier alpha value is -3.92. The highest BCUT2D eigenvalue weighted by Gasteiger charge is 2.18. The predicted molar refractivity (Wildman–Crippen MR) is 127 cm³/mol. The van der Waals surface area contributed by atoms with Crippen molar-refractivity contribution in [1.29, 1.82) is 0 Å². The summed E-state index contributed by atoms with van der Waals surface area (Å²) in [6, 6.07) is 12.0. The molecule has 4 rings (SSSR count). The standard InChI is InChI=1S/C23H23N5O4S/c1-4-6-15-12-21(29)26-23(24-15)28-20(13-16(27-28)19-7-5-10-33-19)25-22(30)14-8-9-17(31-2)18(11-14)32-3/h5,7-13H,4,6H2,1-3H3,(H,25,30)(H,24,26,29).